The van der Waals surface area contributed by atoms with E-state index in [1.807, 2.05) is 84.9 Å². The molecule has 2 aromatic carbocycles. The lowest BCUT2D eigenvalue weighted by Gasteiger charge is -2.28. The van der Waals surface area contributed by atoms with E-state index in [0.717, 1.165) is 34.1 Å². The van der Waals surface area contributed by atoms with Crippen LogP contribution in [0.4, 0.5) is 11.4 Å². The average Bonchev–Trinajstić information content (AvgIpc) is 3.72. The number of rotatable bonds is 9. The van der Waals surface area contributed by atoms with Gasteiger partial charge in [0.2, 0.25) is 0 Å². The second-order valence-electron chi connectivity index (χ2n) is 10.2. The third kappa shape index (κ3) is 5.64. The van der Waals surface area contributed by atoms with Crippen LogP contribution in [0.25, 0.3) is 0 Å². The summed E-state index contributed by atoms with van der Waals surface area (Å²) >= 11 is 5.92. The van der Waals surface area contributed by atoms with Crippen molar-refractivity contribution in [2.45, 2.75) is 32.5 Å². The first-order valence-corrected chi connectivity index (χ1v) is 14.2. The zero-order chi connectivity index (χ0) is 29.1. The third-order valence-electron chi connectivity index (χ3n) is 7.47. The van der Waals surface area contributed by atoms with Crippen molar-refractivity contribution in [3.8, 4) is 5.75 Å². The van der Waals surface area contributed by atoms with Crippen molar-refractivity contribution < 1.29 is 13.9 Å². The van der Waals surface area contributed by atoms with Gasteiger partial charge in [0.1, 0.15) is 11.5 Å². The van der Waals surface area contributed by atoms with Crippen molar-refractivity contribution in [1.29, 1.82) is 0 Å². The molecule has 4 heterocycles. The summed E-state index contributed by atoms with van der Waals surface area (Å²) in [6, 6.07) is 28.7. The number of pyridine rings is 1. The summed E-state index contributed by atoms with van der Waals surface area (Å²) in [4.78, 5) is 19.3. The lowest BCUT2D eigenvalue weighted by Crippen LogP contribution is -2.29. The summed E-state index contributed by atoms with van der Waals surface area (Å²) in [6.07, 6.45) is 3.50. The Morgan fingerprint density at radius 3 is 2.52 bits per heavy atom. The largest absolute Gasteiger partial charge is 0.484 e. The molecule has 3 aromatic heterocycles. The van der Waals surface area contributed by atoms with Crippen molar-refractivity contribution >= 4 is 34.6 Å². The van der Waals surface area contributed by atoms with Crippen LogP contribution in [0.5, 0.6) is 5.75 Å². The molecular formula is C33H31N5O3S. The molecule has 5 aromatic rings. The van der Waals surface area contributed by atoms with Gasteiger partial charge in [-0.05, 0) is 98.4 Å². The predicted octanol–water partition coefficient (Wildman–Crippen LogP) is 6.34. The van der Waals surface area contributed by atoms with Gasteiger partial charge in [-0.15, -0.1) is 0 Å². The van der Waals surface area contributed by atoms with Gasteiger partial charge >= 0.3 is 0 Å². The number of nitrogens with one attached hydrogen (secondary N) is 2. The van der Waals surface area contributed by atoms with Gasteiger partial charge in [-0.1, -0.05) is 24.3 Å². The van der Waals surface area contributed by atoms with E-state index in [4.69, 9.17) is 21.4 Å². The van der Waals surface area contributed by atoms with Crippen LogP contribution >= 0.6 is 12.2 Å². The third-order valence-corrected chi connectivity index (χ3v) is 7.78. The second kappa shape index (κ2) is 11.9. The average molecular weight is 578 g/mol. The van der Waals surface area contributed by atoms with Crippen molar-refractivity contribution in [2.75, 3.05) is 16.8 Å². The smallest absolute Gasteiger partial charge is 0.262 e. The van der Waals surface area contributed by atoms with Crippen LogP contribution in [0.15, 0.2) is 108 Å². The molecule has 1 aliphatic heterocycles. The summed E-state index contributed by atoms with van der Waals surface area (Å²) in [7, 11) is 0. The Hall–Kier alpha value is -4.89. The van der Waals surface area contributed by atoms with Gasteiger partial charge in [0, 0.05) is 29.0 Å². The minimum Gasteiger partial charge on any atom is -0.484 e. The molecule has 0 saturated carbocycles. The molecular weight excluding hydrogens is 546 g/mol. The fraction of sp³-hybridized carbons (Fsp3) is 0.182. The van der Waals surface area contributed by atoms with Crippen LogP contribution in [-0.4, -0.2) is 27.2 Å². The van der Waals surface area contributed by atoms with Gasteiger partial charge in [0.05, 0.1) is 30.6 Å². The number of furan rings is 1. The van der Waals surface area contributed by atoms with Crippen LogP contribution in [0, 0.1) is 13.8 Å². The van der Waals surface area contributed by atoms with Crippen LogP contribution in [0.2, 0.25) is 0 Å². The maximum absolute atomic E-state index is 12.5. The van der Waals surface area contributed by atoms with Gasteiger partial charge in [-0.3, -0.25) is 9.78 Å². The van der Waals surface area contributed by atoms with E-state index in [9.17, 15) is 4.79 Å². The van der Waals surface area contributed by atoms with Crippen LogP contribution < -0.4 is 20.3 Å². The van der Waals surface area contributed by atoms with Gasteiger partial charge in [0.25, 0.3) is 5.91 Å². The molecule has 1 aliphatic rings. The van der Waals surface area contributed by atoms with E-state index < -0.39 is 0 Å². The summed E-state index contributed by atoms with van der Waals surface area (Å²) in [5.74, 6) is 1.31. The molecule has 1 fully saturated rings. The number of hydrogen-bond donors (Lipinski definition) is 2. The number of aryl methyl sites for hydroxylation is 1. The Labute approximate surface area is 250 Å². The van der Waals surface area contributed by atoms with E-state index in [0.29, 0.717) is 23.1 Å². The molecule has 0 spiro atoms. The SMILES string of the molecule is Cc1cc([C@@H]2[C@H](c3ccccn3)NC(=S)N2c2ccc(NC(=O)COc3ccccc3)cc2)c(C)n1Cc1ccco1. The fourth-order valence-electron chi connectivity index (χ4n) is 5.45. The first-order valence-electron chi connectivity index (χ1n) is 13.8. The Morgan fingerprint density at radius 2 is 1.81 bits per heavy atom. The number of aromatic nitrogens is 2. The van der Waals surface area contributed by atoms with Crippen LogP contribution in [0.1, 0.15) is 40.5 Å². The van der Waals surface area contributed by atoms with Gasteiger partial charge < -0.3 is 29.3 Å². The molecule has 2 N–H and O–H groups in total. The zero-order valence-electron chi connectivity index (χ0n) is 23.4. The number of ether oxygens (including phenoxy) is 1. The highest BCUT2D eigenvalue weighted by molar-refractivity contribution is 7.80. The van der Waals surface area contributed by atoms with Crippen molar-refractivity contribution in [2.24, 2.45) is 0 Å². The second-order valence-corrected chi connectivity index (χ2v) is 10.6. The predicted molar refractivity (Wildman–Crippen MR) is 167 cm³/mol. The van der Waals surface area contributed by atoms with Crippen molar-refractivity contribution in [1.82, 2.24) is 14.9 Å². The molecule has 1 saturated heterocycles. The molecule has 42 heavy (non-hydrogen) atoms. The van der Waals surface area contributed by atoms with E-state index in [-0.39, 0.29) is 24.6 Å². The molecule has 0 unspecified atom stereocenters. The summed E-state index contributed by atoms with van der Waals surface area (Å²) < 4.78 is 13.5. The molecule has 212 valence electrons. The number of hydrogen-bond acceptors (Lipinski definition) is 5. The highest BCUT2D eigenvalue weighted by atomic mass is 32.1. The number of benzene rings is 2. The molecule has 0 bridgehead atoms. The lowest BCUT2D eigenvalue weighted by molar-refractivity contribution is -0.118. The number of thiocarbonyl (C=S) groups is 1. The minimum absolute atomic E-state index is 0.0760. The lowest BCUT2D eigenvalue weighted by atomic mass is 9.96. The Bertz CT molecular complexity index is 1670. The van der Waals surface area contributed by atoms with Crippen molar-refractivity contribution in [3.05, 3.63) is 132 Å². The molecule has 0 aliphatic carbocycles. The molecule has 1 amide bonds. The highest BCUT2D eigenvalue weighted by Crippen LogP contribution is 2.43. The topological polar surface area (TPSA) is 84.6 Å². The zero-order valence-corrected chi connectivity index (χ0v) is 24.2. The molecule has 6 rings (SSSR count). The standard InChI is InChI=1S/C33H31N5O3S/c1-22-19-28(23(2)37(22)20-27-11-8-18-40-27)32-31(29-12-6-7-17-34-29)36-33(42)38(32)25-15-13-24(14-16-25)35-30(39)21-41-26-9-4-3-5-10-26/h3-19,31-32H,20-21H2,1-2H3,(H,35,39)(H,36,42)/t31-,32+/m0/s1. The van der Waals surface area contributed by atoms with Crippen molar-refractivity contribution in [3.63, 3.8) is 0 Å². The number of anilines is 2. The summed E-state index contributed by atoms with van der Waals surface area (Å²) in [5.41, 5.74) is 5.90. The molecule has 2 atom stereocenters. The maximum Gasteiger partial charge on any atom is 0.262 e. The quantitative estimate of drug-likeness (QED) is 0.198. The summed E-state index contributed by atoms with van der Waals surface area (Å²) in [5, 5.41) is 7.05. The first-order chi connectivity index (χ1) is 20.5. The number of nitrogens with zero attached hydrogens (tertiary/aromatic N) is 3. The molecule has 0 radical (unpaired) electrons. The maximum atomic E-state index is 12.5. The van der Waals surface area contributed by atoms with E-state index in [2.05, 4.69) is 45.0 Å². The number of carbonyl (C=O) groups is 1. The Morgan fingerprint density at radius 1 is 1.02 bits per heavy atom. The van der Waals surface area contributed by atoms with E-state index in [1.54, 1.807) is 12.5 Å². The first kappa shape index (κ1) is 27.3. The van der Waals surface area contributed by atoms with Gasteiger partial charge in [0.15, 0.2) is 11.7 Å². The number of carbonyl (C=O) groups excluding carboxylic acids is 1. The fourth-order valence-corrected chi connectivity index (χ4v) is 5.79. The van der Waals surface area contributed by atoms with Gasteiger partial charge in [-0.2, -0.15) is 0 Å². The van der Waals surface area contributed by atoms with Gasteiger partial charge in [-0.25, -0.2) is 0 Å². The van der Waals surface area contributed by atoms with E-state index >= 15 is 0 Å². The van der Waals surface area contributed by atoms with Crippen LogP contribution in [0.3, 0.4) is 0 Å². The number of para-hydroxylation sites is 1. The summed E-state index contributed by atoms with van der Waals surface area (Å²) in [6.45, 7) is 4.81. The monoisotopic (exact) mass is 577 g/mol. The normalized spacial score (nSPS) is 16.3. The Balaban J connectivity index is 1.27. The highest BCUT2D eigenvalue weighted by Gasteiger charge is 2.42. The molecule has 9 heteroatoms. The Kier molecular flexibility index (Phi) is 7.74. The van der Waals surface area contributed by atoms with E-state index in [1.165, 1.54) is 0 Å². The van der Waals surface area contributed by atoms with Crippen LogP contribution in [-0.2, 0) is 11.3 Å². The number of amides is 1. The molecule has 8 nitrogen and oxygen atoms in total. The minimum atomic E-state index is -0.234.